The maximum absolute atomic E-state index is 10.5. The Kier molecular flexibility index (Phi) is 8.23. The number of rotatable bonds is 6. The monoisotopic (exact) mass is 518 g/mol. The number of pyridine rings is 1. The Morgan fingerprint density at radius 1 is 1.19 bits per heavy atom. The van der Waals surface area contributed by atoms with E-state index in [4.69, 9.17) is 15.5 Å². The topological polar surface area (TPSA) is 84.5 Å². The largest absolute Gasteiger partial charge is 0.485 e. The van der Waals surface area contributed by atoms with E-state index in [1.807, 2.05) is 38.2 Å². The highest BCUT2D eigenvalue weighted by atomic mass is 32.1. The average molecular weight is 519 g/mol. The van der Waals surface area contributed by atoms with Crippen LogP contribution in [0, 0.1) is 31.6 Å². The van der Waals surface area contributed by atoms with Crippen LogP contribution in [0.25, 0.3) is 10.4 Å². The summed E-state index contributed by atoms with van der Waals surface area (Å²) < 4.78 is 6.19. The number of likely N-dealkylation sites (tertiary alicyclic amines) is 1. The molecule has 7 heteroatoms. The van der Waals surface area contributed by atoms with Crippen LogP contribution in [-0.4, -0.2) is 45.7 Å². The Hall–Kier alpha value is -2.92. The number of hydrogen-bond acceptors (Lipinski definition) is 7. The van der Waals surface area contributed by atoms with Crippen molar-refractivity contribution < 1.29 is 9.84 Å². The molecule has 4 rings (SSSR count). The van der Waals surface area contributed by atoms with Crippen LogP contribution in [-0.2, 0) is 6.61 Å². The smallest absolute Gasteiger partial charge is 0.166 e. The van der Waals surface area contributed by atoms with Gasteiger partial charge in [-0.05, 0) is 94.6 Å². The molecule has 3 aromatic rings. The molecule has 0 spiro atoms. The standard InChI is InChI=1S/C30H38N4O2S/c1-19(2)30(5,35)10-7-22-13-20(3)21(4)25(14-22)18-36-26-15-24(16-32-28(26)31)27-17-33-29(37-27)23-8-11-34(6)12-9-23/h13-17,19,23,35H,8-9,11-12,18H2,1-6H3,(H2,31,32). The van der Waals surface area contributed by atoms with Crippen molar-refractivity contribution in [3.05, 3.63) is 57.9 Å². The lowest BCUT2D eigenvalue weighted by atomic mass is 9.92. The summed E-state index contributed by atoms with van der Waals surface area (Å²) in [4.78, 5) is 12.6. The number of nitrogens with zero attached hydrogens (tertiary/aromatic N) is 3. The van der Waals surface area contributed by atoms with Gasteiger partial charge in [-0.15, -0.1) is 11.3 Å². The molecule has 3 N–H and O–H groups in total. The number of thiazole rings is 1. The van der Waals surface area contributed by atoms with Crippen LogP contribution < -0.4 is 10.5 Å². The molecule has 1 fully saturated rings. The van der Waals surface area contributed by atoms with Crippen molar-refractivity contribution in [2.75, 3.05) is 25.9 Å². The molecule has 1 saturated heterocycles. The second-order valence-electron chi connectivity index (χ2n) is 10.7. The summed E-state index contributed by atoms with van der Waals surface area (Å²) in [6.07, 6.45) is 6.03. The van der Waals surface area contributed by atoms with E-state index in [2.05, 4.69) is 42.6 Å². The zero-order valence-corrected chi connectivity index (χ0v) is 23.6. The molecule has 1 aliphatic rings. The molecular formula is C30H38N4O2S. The quantitative estimate of drug-likeness (QED) is 0.416. The summed E-state index contributed by atoms with van der Waals surface area (Å²) in [6.45, 7) is 12.4. The van der Waals surface area contributed by atoms with E-state index in [0.29, 0.717) is 24.1 Å². The molecule has 0 radical (unpaired) electrons. The van der Waals surface area contributed by atoms with Gasteiger partial charge in [0.15, 0.2) is 11.6 Å². The van der Waals surface area contributed by atoms with Crippen molar-refractivity contribution in [2.24, 2.45) is 5.92 Å². The Morgan fingerprint density at radius 2 is 1.92 bits per heavy atom. The molecule has 1 atom stereocenters. The average Bonchev–Trinajstić information content (AvgIpc) is 3.35. The Balaban J connectivity index is 1.52. The predicted octanol–water partition coefficient (Wildman–Crippen LogP) is 5.55. The van der Waals surface area contributed by atoms with Gasteiger partial charge in [-0.1, -0.05) is 25.7 Å². The van der Waals surface area contributed by atoms with E-state index < -0.39 is 5.60 Å². The number of hydrogen-bond donors (Lipinski definition) is 2. The second kappa shape index (κ2) is 11.2. The summed E-state index contributed by atoms with van der Waals surface area (Å²) in [5, 5.41) is 11.7. The van der Waals surface area contributed by atoms with Crippen LogP contribution in [0.4, 0.5) is 5.82 Å². The minimum absolute atomic E-state index is 0.0381. The summed E-state index contributed by atoms with van der Waals surface area (Å²) in [5.41, 5.74) is 10.3. The number of piperidine rings is 1. The van der Waals surface area contributed by atoms with Gasteiger partial charge in [-0.2, -0.15) is 0 Å². The van der Waals surface area contributed by atoms with Gasteiger partial charge in [0, 0.05) is 29.4 Å². The van der Waals surface area contributed by atoms with Crippen LogP contribution in [0.1, 0.15) is 66.8 Å². The number of ether oxygens (including phenoxy) is 1. The van der Waals surface area contributed by atoms with Gasteiger partial charge in [0.25, 0.3) is 0 Å². The van der Waals surface area contributed by atoms with Crippen LogP contribution >= 0.6 is 11.3 Å². The fraction of sp³-hybridized carbons (Fsp3) is 0.467. The Bertz CT molecular complexity index is 1310. The van der Waals surface area contributed by atoms with Gasteiger partial charge >= 0.3 is 0 Å². The van der Waals surface area contributed by atoms with E-state index in [1.54, 1.807) is 24.5 Å². The fourth-order valence-electron chi connectivity index (χ4n) is 4.22. The highest BCUT2D eigenvalue weighted by molar-refractivity contribution is 7.15. The van der Waals surface area contributed by atoms with Crippen molar-refractivity contribution in [3.8, 4) is 28.0 Å². The minimum atomic E-state index is -1.04. The second-order valence-corrected chi connectivity index (χ2v) is 11.7. The lowest BCUT2D eigenvalue weighted by Gasteiger charge is -2.27. The third-order valence-corrected chi connectivity index (χ3v) is 8.71. The van der Waals surface area contributed by atoms with Crippen LogP contribution in [0.3, 0.4) is 0 Å². The van der Waals surface area contributed by atoms with Gasteiger partial charge < -0.3 is 20.5 Å². The third kappa shape index (κ3) is 6.51. The van der Waals surface area contributed by atoms with Crippen LogP contribution in [0.5, 0.6) is 5.75 Å². The van der Waals surface area contributed by atoms with Crippen LogP contribution in [0.2, 0.25) is 0 Å². The molecule has 196 valence electrons. The SMILES string of the molecule is Cc1cc(C#CC(C)(O)C(C)C)cc(COc2cc(-c3cnc(C4CCN(C)CC4)s3)cnc2N)c1C. The van der Waals surface area contributed by atoms with Crippen molar-refractivity contribution in [1.82, 2.24) is 14.9 Å². The molecule has 2 aromatic heterocycles. The number of aliphatic hydroxyl groups is 1. The normalized spacial score (nSPS) is 16.3. The molecule has 3 heterocycles. The van der Waals surface area contributed by atoms with Crippen molar-refractivity contribution in [2.45, 2.75) is 65.6 Å². The number of benzene rings is 1. The fourth-order valence-corrected chi connectivity index (χ4v) is 5.29. The minimum Gasteiger partial charge on any atom is -0.485 e. The highest BCUT2D eigenvalue weighted by Gasteiger charge is 2.22. The first-order valence-corrected chi connectivity index (χ1v) is 13.7. The van der Waals surface area contributed by atoms with Gasteiger partial charge in [0.05, 0.1) is 9.88 Å². The summed E-state index contributed by atoms with van der Waals surface area (Å²) in [6, 6.07) is 6.03. The zero-order valence-electron chi connectivity index (χ0n) is 22.8. The number of nitrogens with two attached hydrogens (primary N) is 1. The first kappa shape index (κ1) is 27.1. The van der Waals surface area contributed by atoms with Crippen LogP contribution in [0.15, 0.2) is 30.6 Å². The number of anilines is 1. The molecule has 0 amide bonds. The lowest BCUT2D eigenvalue weighted by molar-refractivity contribution is 0.0726. The molecular weight excluding hydrogens is 480 g/mol. The maximum Gasteiger partial charge on any atom is 0.166 e. The molecule has 37 heavy (non-hydrogen) atoms. The van der Waals surface area contributed by atoms with Gasteiger partial charge in [0.2, 0.25) is 0 Å². The lowest BCUT2D eigenvalue weighted by Crippen LogP contribution is -2.29. The van der Waals surface area contributed by atoms with E-state index in [1.165, 1.54) is 5.01 Å². The zero-order chi connectivity index (χ0) is 26.7. The van der Waals surface area contributed by atoms with Gasteiger partial charge in [-0.3, -0.25) is 0 Å². The van der Waals surface area contributed by atoms with Crippen molar-refractivity contribution in [1.29, 1.82) is 0 Å². The van der Waals surface area contributed by atoms with Gasteiger partial charge in [0.1, 0.15) is 12.2 Å². The first-order chi connectivity index (χ1) is 17.5. The molecule has 1 aliphatic heterocycles. The Labute approximate surface area is 224 Å². The number of nitrogen functional groups attached to an aromatic ring is 1. The van der Waals surface area contributed by atoms with Gasteiger partial charge in [-0.25, -0.2) is 9.97 Å². The number of aryl methyl sites for hydroxylation is 1. The molecule has 0 saturated carbocycles. The maximum atomic E-state index is 10.5. The Morgan fingerprint density at radius 3 is 2.62 bits per heavy atom. The number of aromatic nitrogens is 2. The summed E-state index contributed by atoms with van der Waals surface area (Å²) >= 11 is 1.74. The predicted molar refractivity (Wildman–Crippen MR) is 152 cm³/mol. The highest BCUT2D eigenvalue weighted by Crippen LogP contribution is 2.36. The van der Waals surface area contributed by atoms with E-state index in [0.717, 1.165) is 58.6 Å². The molecule has 0 bridgehead atoms. The molecule has 1 unspecified atom stereocenters. The third-order valence-electron chi connectivity index (χ3n) is 7.50. The van der Waals surface area contributed by atoms with E-state index in [-0.39, 0.29) is 5.92 Å². The summed E-state index contributed by atoms with van der Waals surface area (Å²) in [5.74, 6) is 7.64. The summed E-state index contributed by atoms with van der Waals surface area (Å²) in [7, 11) is 2.18. The molecule has 6 nitrogen and oxygen atoms in total. The molecule has 0 aliphatic carbocycles. The van der Waals surface area contributed by atoms with E-state index >= 15 is 0 Å². The van der Waals surface area contributed by atoms with E-state index in [9.17, 15) is 5.11 Å². The molecule has 1 aromatic carbocycles. The first-order valence-electron chi connectivity index (χ1n) is 12.9. The van der Waals surface area contributed by atoms with Crippen molar-refractivity contribution in [3.63, 3.8) is 0 Å². The van der Waals surface area contributed by atoms with Crippen molar-refractivity contribution >= 4 is 17.2 Å².